The van der Waals surface area contributed by atoms with Crippen LogP contribution in [0.3, 0.4) is 0 Å². The van der Waals surface area contributed by atoms with Gasteiger partial charge in [-0.25, -0.2) is 4.39 Å². The van der Waals surface area contributed by atoms with Gasteiger partial charge in [-0.15, -0.1) is 0 Å². The zero-order valence-electron chi connectivity index (χ0n) is 10.8. The highest BCUT2D eigenvalue weighted by molar-refractivity contribution is 5.26. The predicted octanol–water partition coefficient (Wildman–Crippen LogP) is 3.97. The minimum atomic E-state index is -0.0562. The molecule has 0 heterocycles. The van der Waals surface area contributed by atoms with Gasteiger partial charge < -0.3 is 5.32 Å². The molecule has 17 heavy (non-hydrogen) atoms. The number of benzene rings is 1. The number of hydrogen-bond donors (Lipinski definition) is 1. The van der Waals surface area contributed by atoms with Crippen LogP contribution in [0.15, 0.2) is 18.2 Å². The third kappa shape index (κ3) is 3.53. The summed E-state index contributed by atoms with van der Waals surface area (Å²) in [6.07, 6.45) is 4.81. The quantitative estimate of drug-likeness (QED) is 0.786. The fourth-order valence-corrected chi connectivity index (χ4v) is 2.24. The summed E-state index contributed by atoms with van der Waals surface area (Å²) in [6, 6.07) is 5.79. The van der Waals surface area contributed by atoms with E-state index >= 15 is 0 Å². The van der Waals surface area contributed by atoms with Crippen molar-refractivity contribution in [3.05, 3.63) is 35.1 Å². The van der Waals surface area contributed by atoms with Gasteiger partial charge in [-0.1, -0.05) is 31.9 Å². The van der Waals surface area contributed by atoms with E-state index in [1.807, 2.05) is 19.1 Å². The number of hydrogen-bond acceptors (Lipinski definition) is 1. The highest BCUT2D eigenvalue weighted by Gasteiger charge is 2.27. The summed E-state index contributed by atoms with van der Waals surface area (Å²) in [5, 5.41) is 3.48. The van der Waals surface area contributed by atoms with Crippen molar-refractivity contribution in [1.29, 1.82) is 0 Å². The molecule has 1 saturated carbocycles. The van der Waals surface area contributed by atoms with Gasteiger partial charge in [-0.05, 0) is 43.9 Å². The third-order valence-electron chi connectivity index (χ3n) is 3.44. The van der Waals surface area contributed by atoms with E-state index in [1.165, 1.54) is 12.8 Å². The van der Waals surface area contributed by atoms with Crippen molar-refractivity contribution in [1.82, 2.24) is 5.32 Å². The van der Waals surface area contributed by atoms with Crippen LogP contribution in [0.5, 0.6) is 0 Å². The second-order valence-corrected chi connectivity index (χ2v) is 5.21. The van der Waals surface area contributed by atoms with Gasteiger partial charge in [0.2, 0.25) is 0 Å². The molecule has 94 valence electrons. The maximum Gasteiger partial charge on any atom is 0.128 e. The van der Waals surface area contributed by atoms with E-state index in [9.17, 15) is 4.39 Å². The molecule has 0 aromatic heterocycles. The lowest BCUT2D eigenvalue weighted by atomic mass is 9.99. The van der Waals surface area contributed by atoms with E-state index in [2.05, 4.69) is 12.2 Å². The molecule has 0 saturated heterocycles. The van der Waals surface area contributed by atoms with E-state index in [1.54, 1.807) is 6.07 Å². The van der Waals surface area contributed by atoms with Crippen molar-refractivity contribution in [3.8, 4) is 0 Å². The molecule has 1 aromatic rings. The number of rotatable bonds is 6. The molecule has 1 unspecified atom stereocenters. The Morgan fingerprint density at radius 3 is 2.76 bits per heavy atom. The molecule has 1 fully saturated rings. The maximum absolute atomic E-state index is 14.0. The molecule has 1 atom stereocenters. The summed E-state index contributed by atoms with van der Waals surface area (Å²) in [4.78, 5) is 0. The van der Waals surface area contributed by atoms with E-state index in [0.29, 0.717) is 0 Å². The van der Waals surface area contributed by atoms with Crippen molar-refractivity contribution in [3.63, 3.8) is 0 Å². The van der Waals surface area contributed by atoms with Crippen LogP contribution in [0.1, 0.15) is 49.8 Å². The fraction of sp³-hybridized carbons (Fsp3) is 0.600. The highest BCUT2D eigenvalue weighted by atomic mass is 19.1. The first kappa shape index (κ1) is 12.6. The summed E-state index contributed by atoms with van der Waals surface area (Å²) in [6.45, 7) is 5.04. The Balaban J connectivity index is 2.11. The monoisotopic (exact) mass is 235 g/mol. The van der Waals surface area contributed by atoms with E-state index in [-0.39, 0.29) is 11.9 Å². The summed E-state index contributed by atoms with van der Waals surface area (Å²) in [5.74, 6) is 0.754. The average Bonchev–Trinajstić information content (AvgIpc) is 3.08. The first-order valence-corrected chi connectivity index (χ1v) is 6.70. The zero-order valence-corrected chi connectivity index (χ0v) is 10.8. The van der Waals surface area contributed by atoms with Gasteiger partial charge in [0.05, 0.1) is 0 Å². The lowest BCUT2D eigenvalue weighted by Crippen LogP contribution is -2.23. The molecule has 0 amide bonds. The van der Waals surface area contributed by atoms with Crippen molar-refractivity contribution in [2.75, 3.05) is 6.54 Å². The smallest absolute Gasteiger partial charge is 0.128 e. The van der Waals surface area contributed by atoms with Crippen LogP contribution in [-0.2, 0) is 0 Å². The summed E-state index contributed by atoms with van der Waals surface area (Å²) in [7, 11) is 0. The van der Waals surface area contributed by atoms with E-state index < -0.39 is 0 Å². The van der Waals surface area contributed by atoms with E-state index in [4.69, 9.17) is 0 Å². The van der Waals surface area contributed by atoms with Gasteiger partial charge >= 0.3 is 0 Å². The SMILES string of the molecule is CCCNC(CC1CC1)c1ccc(C)cc1F. The molecule has 1 nitrogen and oxygen atoms in total. The minimum Gasteiger partial charge on any atom is -0.310 e. The summed E-state index contributed by atoms with van der Waals surface area (Å²) < 4.78 is 14.0. The number of halogens is 1. The van der Waals surface area contributed by atoms with Gasteiger partial charge in [-0.3, -0.25) is 0 Å². The third-order valence-corrected chi connectivity index (χ3v) is 3.44. The fourth-order valence-electron chi connectivity index (χ4n) is 2.24. The van der Waals surface area contributed by atoms with Crippen molar-refractivity contribution >= 4 is 0 Å². The van der Waals surface area contributed by atoms with Gasteiger partial charge in [-0.2, -0.15) is 0 Å². The highest BCUT2D eigenvalue weighted by Crippen LogP contribution is 2.38. The van der Waals surface area contributed by atoms with Crippen LogP contribution in [-0.4, -0.2) is 6.54 Å². The predicted molar refractivity (Wildman–Crippen MR) is 69.5 cm³/mol. The molecule has 1 N–H and O–H groups in total. The molecule has 0 aliphatic heterocycles. The van der Waals surface area contributed by atoms with Gasteiger partial charge in [0.15, 0.2) is 0 Å². The van der Waals surface area contributed by atoms with Crippen LogP contribution in [0.2, 0.25) is 0 Å². The largest absolute Gasteiger partial charge is 0.310 e. The summed E-state index contributed by atoms with van der Waals surface area (Å²) >= 11 is 0. The van der Waals surface area contributed by atoms with Crippen LogP contribution >= 0.6 is 0 Å². The lowest BCUT2D eigenvalue weighted by molar-refractivity contribution is 0.453. The Morgan fingerprint density at radius 1 is 1.41 bits per heavy atom. The Labute approximate surface area is 103 Å². The van der Waals surface area contributed by atoms with Gasteiger partial charge in [0.25, 0.3) is 0 Å². The molecule has 1 aliphatic carbocycles. The van der Waals surface area contributed by atoms with Crippen LogP contribution in [0, 0.1) is 18.7 Å². The molecule has 0 spiro atoms. The topological polar surface area (TPSA) is 12.0 Å². The van der Waals surface area contributed by atoms with Crippen molar-refractivity contribution in [2.45, 2.75) is 45.6 Å². The lowest BCUT2D eigenvalue weighted by Gasteiger charge is -2.19. The molecule has 1 aromatic carbocycles. The standard InChI is InChI=1S/C15H22FN/c1-3-8-17-15(10-12-5-6-12)13-7-4-11(2)9-14(13)16/h4,7,9,12,15,17H,3,5-6,8,10H2,1-2H3. The normalized spacial score (nSPS) is 17.1. The van der Waals surface area contributed by atoms with Crippen LogP contribution in [0.25, 0.3) is 0 Å². The van der Waals surface area contributed by atoms with Crippen LogP contribution < -0.4 is 5.32 Å². The Kier molecular flexibility index (Phi) is 4.16. The van der Waals surface area contributed by atoms with Crippen molar-refractivity contribution in [2.24, 2.45) is 5.92 Å². The molecule has 2 rings (SSSR count). The molecule has 1 aliphatic rings. The second kappa shape index (κ2) is 5.63. The minimum absolute atomic E-state index is 0.0562. The maximum atomic E-state index is 14.0. The number of nitrogens with one attached hydrogen (secondary N) is 1. The first-order valence-electron chi connectivity index (χ1n) is 6.70. The zero-order chi connectivity index (χ0) is 12.3. The number of aryl methyl sites for hydroxylation is 1. The van der Waals surface area contributed by atoms with Crippen LogP contribution in [0.4, 0.5) is 4.39 Å². The molecular weight excluding hydrogens is 213 g/mol. The Morgan fingerprint density at radius 2 is 2.18 bits per heavy atom. The molecule has 0 bridgehead atoms. The van der Waals surface area contributed by atoms with Gasteiger partial charge in [0, 0.05) is 11.6 Å². The Hall–Kier alpha value is -0.890. The molecule has 0 radical (unpaired) electrons. The average molecular weight is 235 g/mol. The second-order valence-electron chi connectivity index (χ2n) is 5.21. The van der Waals surface area contributed by atoms with Crippen molar-refractivity contribution < 1.29 is 4.39 Å². The Bertz CT molecular complexity index is 371. The molecule has 2 heteroatoms. The molecular formula is C15H22FN. The van der Waals surface area contributed by atoms with Gasteiger partial charge in [0.1, 0.15) is 5.82 Å². The summed E-state index contributed by atoms with van der Waals surface area (Å²) in [5.41, 5.74) is 1.84. The first-order chi connectivity index (χ1) is 8.20. The van der Waals surface area contributed by atoms with E-state index in [0.717, 1.165) is 36.4 Å².